The van der Waals surface area contributed by atoms with Crippen molar-refractivity contribution in [1.29, 1.82) is 0 Å². The third-order valence-corrected chi connectivity index (χ3v) is 4.17. The van der Waals surface area contributed by atoms with E-state index in [4.69, 9.17) is 15.2 Å². The van der Waals surface area contributed by atoms with Gasteiger partial charge >= 0.3 is 6.09 Å². The van der Waals surface area contributed by atoms with E-state index in [1.54, 1.807) is 37.3 Å². The van der Waals surface area contributed by atoms with E-state index in [1.165, 1.54) is 6.07 Å². The van der Waals surface area contributed by atoms with E-state index in [9.17, 15) is 9.18 Å². The molecule has 0 spiro atoms. The first-order chi connectivity index (χ1) is 13.5. The van der Waals surface area contributed by atoms with Gasteiger partial charge in [-0.25, -0.2) is 14.2 Å². The standard InChI is InChI=1S/C21H16FN3O3/c1-12-10-15(6-8-17(12)22)27-14-4-2-13(3-5-14)20-24-18-9-7-16(28-21(23)26)11-19(18)25-20/h2-11H,1H3,(H2,23,26)(H,24,25). The zero-order chi connectivity index (χ0) is 19.7. The number of rotatable bonds is 4. The maximum absolute atomic E-state index is 13.4. The number of hydrogen-bond donors (Lipinski definition) is 2. The second kappa shape index (κ2) is 7.03. The molecule has 3 N–H and O–H groups in total. The molecule has 1 heterocycles. The van der Waals surface area contributed by atoms with Crippen molar-refractivity contribution < 1.29 is 18.7 Å². The molecular formula is C21H16FN3O3. The van der Waals surface area contributed by atoms with Gasteiger partial charge in [0, 0.05) is 11.6 Å². The molecule has 28 heavy (non-hydrogen) atoms. The highest BCUT2D eigenvalue weighted by Crippen LogP contribution is 2.28. The molecule has 0 atom stereocenters. The summed E-state index contributed by atoms with van der Waals surface area (Å²) in [6.07, 6.45) is -0.873. The monoisotopic (exact) mass is 377 g/mol. The Morgan fingerprint density at radius 1 is 1.00 bits per heavy atom. The van der Waals surface area contributed by atoms with Crippen LogP contribution in [0.3, 0.4) is 0 Å². The van der Waals surface area contributed by atoms with Crippen LogP contribution in [0.4, 0.5) is 9.18 Å². The fourth-order valence-electron chi connectivity index (χ4n) is 2.80. The van der Waals surface area contributed by atoms with Crippen LogP contribution in [0.25, 0.3) is 22.4 Å². The average Bonchev–Trinajstić information content (AvgIpc) is 3.08. The highest BCUT2D eigenvalue weighted by atomic mass is 19.1. The van der Waals surface area contributed by atoms with Crippen molar-refractivity contribution in [3.63, 3.8) is 0 Å². The molecular weight excluding hydrogens is 361 g/mol. The van der Waals surface area contributed by atoms with Crippen molar-refractivity contribution in [2.75, 3.05) is 0 Å². The molecule has 0 radical (unpaired) electrons. The van der Waals surface area contributed by atoms with E-state index in [2.05, 4.69) is 9.97 Å². The first-order valence-corrected chi connectivity index (χ1v) is 8.49. The van der Waals surface area contributed by atoms with Gasteiger partial charge in [0.2, 0.25) is 0 Å². The number of nitrogens with two attached hydrogens (primary N) is 1. The SMILES string of the molecule is Cc1cc(Oc2ccc(-c3nc4cc(OC(N)=O)ccc4[nH]3)cc2)ccc1F. The van der Waals surface area contributed by atoms with Gasteiger partial charge in [0.1, 0.15) is 28.9 Å². The van der Waals surface area contributed by atoms with Crippen LogP contribution < -0.4 is 15.2 Å². The zero-order valence-corrected chi connectivity index (χ0v) is 14.9. The molecule has 3 aromatic carbocycles. The summed E-state index contributed by atoms with van der Waals surface area (Å²) >= 11 is 0. The summed E-state index contributed by atoms with van der Waals surface area (Å²) in [5, 5.41) is 0. The lowest BCUT2D eigenvalue weighted by Crippen LogP contribution is -2.16. The number of aryl methyl sites for hydroxylation is 1. The van der Waals surface area contributed by atoms with Gasteiger partial charge in [-0.15, -0.1) is 0 Å². The summed E-state index contributed by atoms with van der Waals surface area (Å²) in [6.45, 7) is 1.69. The van der Waals surface area contributed by atoms with Gasteiger partial charge in [-0.2, -0.15) is 0 Å². The highest BCUT2D eigenvalue weighted by Gasteiger charge is 2.08. The molecule has 0 aliphatic rings. The molecule has 0 aliphatic heterocycles. The van der Waals surface area contributed by atoms with E-state index in [-0.39, 0.29) is 5.82 Å². The molecule has 1 amide bonds. The number of halogens is 1. The van der Waals surface area contributed by atoms with Crippen LogP contribution in [0, 0.1) is 12.7 Å². The number of carbonyl (C=O) groups is 1. The van der Waals surface area contributed by atoms with Gasteiger partial charge in [0.05, 0.1) is 11.0 Å². The summed E-state index contributed by atoms with van der Waals surface area (Å²) in [6, 6.07) is 17.0. The van der Waals surface area contributed by atoms with Crippen molar-refractivity contribution in [3.8, 4) is 28.6 Å². The van der Waals surface area contributed by atoms with Crippen LogP contribution in [-0.2, 0) is 0 Å². The Bertz CT molecular complexity index is 1170. The van der Waals surface area contributed by atoms with Crippen molar-refractivity contribution in [3.05, 3.63) is 72.0 Å². The molecule has 0 bridgehead atoms. The number of aromatic amines is 1. The minimum atomic E-state index is -0.873. The maximum Gasteiger partial charge on any atom is 0.409 e. The number of nitrogens with one attached hydrogen (secondary N) is 1. The van der Waals surface area contributed by atoms with E-state index >= 15 is 0 Å². The number of carbonyl (C=O) groups excluding carboxylic acids is 1. The second-order valence-corrected chi connectivity index (χ2v) is 6.22. The number of imidazole rings is 1. The molecule has 4 aromatic rings. The topological polar surface area (TPSA) is 90.2 Å². The molecule has 0 saturated carbocycles. The molecule has 0 fully saturated rings. The Morgan fingerprint density at radius 2 is 1.71 bits per heavy atom. The predicted octanol–water partition coefficient (Wildman–Crippen LogP) is 4.93. The van der Waals surface area contributed by atoms with Crippen LogP contribution >= 0.6 is 0 Å². The summed E-state index contributed by atoms with van der Waals surface area (Å²) in [4.78, 5) is 18.6. The molecule has 0 unspecified atom stereocenters. The normalized spacial score (nSPS) is 10.8. The number of aromatic nitrogens is 2. The fourth-order valence-corrected chi connectivity index (χ4v) is 2.80. The number of fused-ring (bicyclic) bond motifs is 1. The maximum atomic E-state index is 13.4. The molecule has 1 aromatic heterocycles. The van der Waals surface area contributed by atoms with Crippen LogP contribution in [-0.4, -0.2) is 16.1 Å². The van der Waals surface area contributed by atoms with Crippen molar-refractivity contribution >= 4 is 17.1 Å². The molecule has 0 aliphatic carbocycles. The van der Waals surface area contributed by atoms with Gasteiger partial charge in [0.15, 0.2) is 0 Å². The number of primary amides is 1. The fraction of sp³-hybridized carbons (Fsp3) is 0.0476. The summed E-state index contributed by atoms with van der Waals surface area (Å²) in [7, 11) is 0. The minimum Gasteiger partial charge on any atom is -0.457 e. The minimum absolute atomic E-state index is 0.267. The molecule has 0 saturated heterocycles. The Balaban J connectivity index is 1.56. The third kappa shape index (κ3) is 3.64. The third-order valence-electron chi connectivity index (χ3n) is 4.17. The summed E-state index contributed by atoms with van der Waals surface area (Å²) < 4.78 is 24.0. The van der Waals surface area contributed by atoms with Gasteiger partial charge in [-0.3, -0.25) is 0 Å². The smallest absolute Gasteiger partial charge is 0.409 e. The van der Waals surface area contributed by atoms with Gasteiger partial charge in [0.25, 0.3) is 0 Å². The molecule has 140 valence electrons. The van der Waals surface area contributed by atoms with Crippen molar-refractivity contribution in [2.24, 2.45) is 5.73 Å². The lowest BCUT2D eigenvalue weighted by molar-refractivity contribution is 0.211. The second-order valence-electron chi connectivity index (χ2n) is 6.22. The zero-order valence-electron chi connectivity index (χ0n) is 14.9. The van der Waals surface area contributed by atoms with E-state index in [0.717, 1.165) is 11.1 Å². The van der Waals surface area contributed by atoms with Crippen molar-refractivity contribution in [2.45, 2.75) is 6.92 Å². The van der Waals surface area contributed by atoms with Crippen LogP contribution in [0.15, 0.2) is 60.7 Å². The van der Waals surface area contributed by atoms with Gasteiger partial charge < -0.3 is 20.2 Å². The Labute approximate surface area is 159 Å². The Morgan fingerprint density at radius 3 is 2.43 bits per heavy atom. The van der Waals surface area contributed by atoms with E-state index < -0.39 is 6.09 Å². The number of hydrogen-bond acceptors (Lipinski definition) is 4. The van der Waals surface area contributed by atoms with E-state index in [0.29, 0.717) is 34.2 Å². The highest BCUT2D eigenvalue weighted by molar-refractivity contribution is 5.81. The lowest BCUT2D eigenvalue weighted by atomic mass is 10.2. The number of nitrogens with zero attached hydrogens (tertiary/aromatic N) is 1. The van der Waals surface area contributed by atoms with Crippen LogP contribution in [0.5, 0.6) is 17.2 Å². The molecule has 7 heteroatoms. The first kappa shape index (κ1) is 17.5. The van der Waals surface area contributed by atoms with Gasteiger partial charge in [-0.05, 0) is 67.1 Å². The summed E-state index contributed by atoms with van der Waals surface area (Å²) in [5.41, 5.74) is 7.86. The number of H-pyrrole nitrogens is 1. The van der Waals surface area contributed by atoms with E-state index in [1.807, 2.05) is 24.3 Å². The summed E-state index contributed by atoms with van der Waals surface area (Å²) in [5.74, 6) is 1.92. The van der Waals surface area contributed by atoms with Gasteiger partial charge in [-0.1, -0.05) is 0 Å². The van der Waals surface area contributed by atoms with Crippen LogP contribution in [0.1, 0.15) is 5.56 Å². The largest absolute Gasteiger partial charge is 0.457 e. The Kier molecular flexibility index (Phi) is 4.41. The predicted molar refractivity (Wildman–Crippen MR) is 103 cm³/mol. The quantitative estimate of drug-likeness (QED) is 0.528. The lowest BCUT2D eigenvalue weighted by Gasteiger charge is -2.07. The average molecular weight is 377 g/mol. The molecule has 4 rings (SSSR count). The molecule has 6 nitrogen and oxygen atoms in total. The number of ether oxygens (including phenoxy) is 2. The number of amides is 1. The number of benzene rings is 3. The first-order valence-electron chi connectivity index (χ1n) is 8.49. The Hall–Kier alpha value is -3.87. The van der Waals surface area contributed by atoms with Crippen molar-refractivity contribution in [1.82, 2.24) is 9.97 Å². The van der Waals surface area contributed by atoms with Crippen LogP contribution in [0.2, 0.25) is 0 Å².